The van der Waals surface area contributed by atoms with Crippen LogP contribution < -0.4 is 26.4 Å². The van der Waals surface area contributed by atoms with E-state index in [0.29, 0.717) is 18.7 Å². The molecule has 0 unspecified atom stereocenters. The van der Waals surface area contributed by atoms with E-state index in [1.54, 1.807) is 36.2 Å². The van der Waals surface area contributed by atoms with Crippen molar-refractivity contribution < 1.29 is 27.6 Å². The van der Waals surface area contributed by atoms with Crippen molar-refractivity contribution in [3.05, 3.63) is 36.9 Å². The molecular weight excluding hydrogens is 681 g/mol. The first-order valence-electron chi connectivity index (χ1n) is 19.0. The van der Waals surface area contributed by atoms with Crippen molar-refractivity contribution in [1.29, 1.82) is 0 Å². The topological polar surface area (TPSA) is 180 Å². The van der Waals surface area contributed by atoms with E-state index in [1.165, 1.54) is 6.07 Å². The molecule has 4 saturated carbocycles. The molecule has 5 aliphatic rings. The fourth-order valence-electron chi connectivity index (χ4n) is 10.3. The largest absolute Gasteiger partial charge is 0.387 e. The molecular formula is C39H58N6O6S. The molecule has 12 nitrogen and oxygen atoms in total. The van der Waals surface area contributed by atoms with E-state index in [2.05, 4.69) is 41.1 Å². The first-order chi connectivity index (χ1) is 24.3. The third kappa shape index (κ3) is 5.94. The van der Waals surface area contributed by atoms with Crippen LogP contribution in [-0.4, -0.2) is 74.2 Å². The van der Waals surface area contributed by atoms with Gasteiger partial charge in [-0.1, -0.05) is 78.5 Å². The van der Waals surface area contributed by atoms with Gasteiger partial charge in [0.05, 0.1) is 11.7 Å². The lowest BCUT2D eigenvalue weighted by atomic mass is 9.73. The van der Waals surface area contributed by atoms with E-state index in [-0.39, 0.29) is 45.3 Å². The summed E-state index contributed by atoms with van der Waals surface area (Å²) in [5.41, 5.74) is 4.14. The molecule has 5 fully saturated rings. The standard InChI is InChI=1S/C39H58N6O6S/c1-8-25-21-39(25,34(49)44-52(50,51)28-18-13-12-17-26(28)41-7)43-31(46)27-22-38(36(5,6)37(38)19-14-20-37)23-45(27)33(48)30(35(2,3)4)42-32(47)29(40)24-15-10-9-11-16-24/h8,12-13,17-18,24-25,27,29-30,41H,1,9-11,14-16,19-23,40H2,2-7H3,(H,42,47)(H,43,46)(H,44,49)/t25-,27+,29+,30-,38-,39-/m1/s1. The number of nitrogens with two attached hydrogens (primary N) is 1. The molecule has 0 aromatic heterocycles. The molecule has 4 aliphatic carbocycles. The van der Waals surface area contributed by atoms with E-state index in [0.717, 1.165) is 51.4 Å². The Bertz CT molecular complexity index is 1740. The summed E-state index contributed by atoms with van der Waals surface area (Å²) in [6.07, 6.45) is 10.2. The zero-order chi connectivity index (χ0) is 38.1. The second kappa shape index (κ2) is 13.1. The van der Waals surface area contributed by atoms with Gasteiger partial charge >= 0.3 is 0 Å². The van der Waals surface area contributed by atoms with Crippen molar-refractivity contribution in [2.45, 2.75) is 127 Å². The van der Waals surface area contributed by atoms with E-state index >= 15 is 0 Å². The average Bonchev–Trinajstić information content (AvgIpc) is 3.81. The molecule has 52 heavy (non-hydrogen) atoms. The smallest absolute Gasteiger partial charge is 0.266 e. The molecule has 2 spiro atoms. The molecule has 286 valence electrons. The van der Waals surface area contributed by atoms with Crippen LogP contribution in [0, 0.1) is 33.5 Å². The zero-order valence-corrected chi connectivity index (χ0v) is 32.5. The highest BCUT2D eigenvalue weighted by molar-refractivity contribution is 7.90. The number of rotatable bonds is 11. The van der Waals surface area contributed by atoms with Crippen molar-refractivity contribution >= 4 is 39.3 Å². The van der Waals surface area contributed by atoms with Crippen LogP contribution in [0.2, 0.25) is 0 Å². The fourth-order valence-corrected chi connectivity index (χ4v) is 11.6. The van der Waals surface area contributed by atoms with Gasteiger partial charge in [-0.15, -0.1) is 6.58 Å². The zero-order valence-electron chi connectivity index (χ0n) is 31.6. The van der Waals surface area contributed by atoms with E-state index in [1.807, 2.05) is 20.8 Å². The monoisotopic (exact) mass is 738 g/mol. The summed E-state index contributed by atoms with van der Waals surface area (Å²) in [4.78, 5) is 58.5. The first kappa shape index (κ1) is 38.3. The van der Waals surface area contributed by atoms with E-state index < -0.39 is 56.8 Å². The van der Waals surface area contributed by atoms with Gasteiger partial charge in [-0.05, 0) is 72.8 Å². The number of nitrogens with zero attached hydrogens (tertiary/aromatic N) is 1. The van der Waals surface area contributed by atoms with Crippen LogP contribution in [0.15, 0.2) is 41.8 Å². The Morgan fingerprint density at radius 2 is 1.65 bits per heavy atom. The van der Waals surface area contributed by atoms with Gasteiger partial charge in [0, 0.05) is 24.9 Å². The van der Waals surface area contributed by atoms with Crippen LogP contribution in [0.5, 0.6) is 0 Å². The Morgan fingerprint density at radius 1 is 1.00 bits per heavy atom. The molecule has 1 aromatic carbocycles. The SMILES string of the molecule is C=C[C@@H]1C[C@]1(NC(=O)[C@@H]1C[C@@]2(CN1C(=O)[C@@H](NC(=O)[C@@H](N)C1CCCCC1)C(C)(C)C)C(C)(C)C21CCC1)C(=O)NS(=O)(=O)c1ccccc1NC. The minimum Gasteiger partial charge on any atom is -0.387 e. The van der Waals surface area contributed by atoms with Crippen molar-refractivity contribution in [1.82, 2.24) is 20.3 Å². The maximum Gasteiger partial charge on any atom is 0.266 e. The summed E-state index contributed by atoms with van der Waals surface area (Å²) >= 11 is 0. The number of para-hydroxylation sites is 1. The minimum absolute atomic E-state index is 0.00442. The van der Waals surface area contributed by atoms with Gasteiger partial charge in [-0.3, -0.25) is 19.2 Å². The van der Waals surface area contributed by atoms with Gasteiger partial charge in [0.15, 0.2) is 0 Å². The van der Waals surface area contributed by atoms with Crippen LogP contribution in [0.25, 0.3) is 0 Å². The second-order valence-corrected chi connectivity index (χ2v) is 19.4. The number of carbonyl (C=O) groups excluding carboxylic acids is 4. The molecule has 1 aromatic rings. The predicted molar refractivity (Wildman–Crippen MR) is 199 cm³/mol. The Labute approximate surface area is 308 Å². The Morgan fingerprint density at radius 3 is 2.19 bits per heavy atom. The summed E-state index contributed by atoms with van der Waals surface area (Å²) in [6.45, 7) is 14.3. The molecule has 6 atom stereocenters. The van der Waals surface area contributed by atoms with E-state index in [4.69, 9.17) is 5.73 Å². The second-order valence-electron chi connectivity index (χ2n) is 17.7. The summed E-state index contributed by atoms with van der Waals surface area (Å²) in [5.74, 6) is -2.55. The Kier molecular flexibility index (Phi) is 9.67. The summed E-state index contributed by atoms with van der Waals surface area (Å²) in [7, 11) is -2.72. The van der Waals surface area contributed by atoms with Crippen molar-refractivity contribution in [3.8, 4) is 0 Å². The third-order valence-corrected chi connectivity index (χ3v) is 15.4. The number of anilines is 1. The number of fused-ring (bicyclic) bond motifs is 1. The molecule has 6 rings (SSSR count). The van der Waals surface area contributed by atoms with Gasteiger partial charge in [0.25, 0.3) is 15.9 Å². The minimum atomic E-state index is -4.31. The lowest BCUT2D eigenvalue weighted by Gasteiger charge is -2.37. The summed E-state index contributed by atoms with van der Waals surface area (Å²) < 4.78 is 29.1. The first-order valence-corrected chi connectivity index (χ1v) is 20.5. The predicted octanol–water partition coefficient (Wildman–Crippen LogP) is 3.83. The number of likely N-dealkylation sites (tertiary alicyclic amines) is 1. The number of carbonyl (C=O) groups is 4. The van der Waals surface area contributed by atoms with Crippen molar-refractivity contribution in [2.24, 2.45) is 39.2 Å². The van der Waals surface area contributed by atoms with Crippen LogP contribution in [-0.2, 0) is 29.2 Å². The number of amides is 4. The summed E-state index contributed by atoms with van der Waals surface area (Å²) in [5, 5.41) is 8.78. The molecule has 13 heteroatoms. The lowest BCUT2D eigenvalue weighted by molar-refractivity contribution is -0.145. The number of sulfonamides is 1. The quantitative estimate of drug-likeness (QED) is 0.213. The molecule has 6 N–H and O–H groups in total. The molecule has 1 aliphatic heterocycles. The highest BCUT2D eigenvalue weighted by Crippen LogP contribution is 2.88. The highest BCUT2D eigenvalue weighted by Gasteiger charge is 2.85. The maximum atomic E-state index is 14.8. The van der Waals surface area contributed by atoms with Gasteiger partial charge in [0.2, 0.25) is 17.7 Å². The van der Waals surface area contributed by atoms with Gasteiger partial charge in [-0.2, -0.15) is 0 Å². The molecule has 0 radical (unpaired) electrons. The number of hydrogen-bond donors (Lipinski definition) is 5. The molecule has 1 saturated heterocycles. The van der Waals surface area contributed by atoms with Gasteiger partial charge < -0.3 is 26.6 Å². The Balaban J connectivity index is 1.28. The molecule has 0 bridgehead atoms. The molecule has 4 amide bonds. The molecule has 1 heterocycles. The van der Waals surface area contributed by atoms with Crippen molar-refractivity contribution in [2.75, 3.05) is 18.9 Å². The normalized spacial score (nSPS) is 30.1. The van der Waals surface area contributed by atoms with Crippen LogP contribution in [0.4, 0.5) is 5.69 Å². The van der Waals surface area contributed by atoms with Crippen LogP contribution in [0.1, 0.15) is 98.8 Å². The maximum absolute atomic E-state index is 14.8. The third-order valence-electron chi connectivity index (χ3n) is 14.0. The summed E-state index contributed by atoms with van der Waals surface area (Å²) in [6, 6.07) is 3.62. The van der Waals surface area contributed by atoms with E-state index in [9.17, 15) is 27.6 Å². The fraction of sp³-hybridized carbons (Fsp3) is 0.692. The Hall–Kier alpha value is -3.45. The lowest BCUT2D eigenvalue weighted by Crippen LogP contribution is -2.61. The number of nitrogens with one attached hydrogen (secondary N) is 4. The van der Waals surface area contributed by atoms with Gasteiger partial charge in [0.1, 0.15) is 22.5 Å². The van der Waals surface area contributed by atoms with Crippen LogP contribution >= 0.6 is 0 Å². The van der Waals surface area contributed by atoms with Crippen LogP contribution in [0.3, 0.4) is 0 Å². The average molecular weight is 739 g/mol. The number of hydrogen-bond acceptors (Lipinski definition) is 8. The number of benzene rings is 1. The van der Waals surface area contributed by atoms with Crippen molar-refractivity contribution in [3.63, 3.8) is 0 Å². The highest BCUT2D eigenvalue weighted by atomic mass is 32.2. The van der Waals surface area contributed by atoms with Gasteiger partial charge in [-0.25, -0.2) is 13.1 Å².